The van der Waals surface area contributed by atoms with Crippen LogP contribution in [-0.2, 0) is 16.1 Å². The number of rotatable bonds is 3. The number of esters is 1. The molecule has 0 radical (unpaired) electrons. The zero-order valence-electron chi connectivity index (χ0n) is 10.5. The summed E-state index contributed by atoms with van der Waals surface area (Å²) in [6.07, 6.45) is 4.74. The fraction of sp³-hybridized carbons (Fsp3) is 0.533. The number of fused-ring (bicyclic) bond motifs is 1. The van der Waals surface area contributed by atoms with Crippen LogP contribution in [0.5, 0.6) is 0 Å². The maximum Gasteiger partial charge on any atom is 0.323 e. The number of benzene rings is 1. The van der Waals surface area contributed by atoms with Gasteiger partial charge in [-0.1, -0.05) is 36.8 Å². The van der Waals surface area contributed by atoms with Crippen molar-refractivity contribution < 1.29 is 9.53 Å². The number of nitrogens with one attached hydrogen (secondary N) is 1. The molecule has 2 fully saturated rings. The Balaban J connectivity index is 1.50. The minimum atomic E-state index is -0.0896. The number of carbonyl (C=O) groups is 1. The molecule has 3 rings (SSSR count). The largest absolute Gasteiger partial charge is 0.460 e. The molecule has 1 aromatic carbocycles. The van der Waals surface area contributed by atoms with Crippen molar-refractivity contribution in [3.05, 3.63) is 35.9 Å². The molecule has 3 nitrogen and oxygen atoms in total. The fourth-order valence-corrected chi connectivity index (χ4v) is 3.16. The zero-order valence-corrected chi connectivity index (χ0v) is 10.5. The zero-order chi connectivity index (χ0) is 12.4. The van der Waals surface area contributed by atoms with Crippen LogP contribution in [0.4, 0.5) is 0 Å². The second kappa shape index (κ2) is 5.11. The van der Waals surface area contributed by atoms with Gasteiger partial charge >= 0.3 is 5.97 Å². The van der Waals surface area contributed by atoms with Crippen LogP contribution in [0.3, 0.4) is 0 Å². The SMILES string of the molecule is O=C(OCc1ccccc1)[C@@H]1C[C@H]2CCC[C@H]2N1. The Kier molecular flexibility index (Phi) is 3.33. The Hall–Kier alpha value is -1.35. The Labute approximate surface area is 108 Å². The summed E-state index contributed by atoms with van der Waals surface area (Å²) >= 11 is 0. The normalized spacial score (nSPS) is 30.1. The molecular weight excluding hydrogens is 226 g/mol. The Bertz CT molecular complexity index is 406. The maximum absolute atomic E-state index is 12.0. The van der Waals surface area contributed by atoms with Crippen molar-refractivity contribution in [1.82, 2.24) is 5.32 Å². The van der Waals surface area contributed by atoms with E-state index in [2.05, 4.69) is 5.32 Å². The van der Waals surface area contributed by atoms with Crippen LogP contribution in [0.15, 0.2) is 30.3 Å². The molecule has 1 saturated carbocycles. The van der Waals surface area contributed by atoms with Gasteiger partial charge < -0.3 is 10.1 Å². The van der Waals surface area contributed by atoms with Gasteiger partial charge in [0.2, 0.25) is 0 Å². The van der Waals surface area contributed by atoms with Gasteiger partial charge in [-0.15, -0.1) is 0 Å². The van der Waals surface area contributed by atoms with Gasteiger partial charge in [-0.25, -0.2) is 0 Å². The molecular formula is C15H19NO2. The highest BCUT2D eigenvalue weighted by molar-refractivity contribution is 5.76. The second-order valence-corrected chi connectivity index (χ2v) is 5.35. The average molecular weight is 245 g/mol. The molecule has 3 heteroatoms. The monoisotopic (exact) mass is 245 g/mol. The summed E-state index contributed by atoms with van der Waals surface area (Å²) in [5.41, 5.74) is 1.05. The summed E-state index contributed by atoms with van der Waals surface area (Å²) in [5.74, 6) is 0.604. The first kappa shape index (κ1) is 11.7. The summed E-state index contributed by atoms with van der Waals surface area (Å²) in [4.78, 5) is 12.0. The highest BCUT2D eigenvalue weighted by Crippen LogP contribution is 2.34. The van der Waals surface area contributed by atoms with Crippen LogP contribution in [0.25, 0.3) is 0 Å². The van der Waals surface area contributed by atoms with E-state index in [4.69, 9.17) is 4.74 Å². The lowest BCUT2D eigenvalue weighted by Gasteiger charge is -2.12. The van der Waals surface area contributed by atoms with Crippen molar-refractivity contribution in [2.24, 2.45) is 5.92 Å². The summed E-state index contributed by atoms with van der Waals surface area (Å²) < 4.78 is 5.38. The molecule has 0 unspecified atom stereocenters. The summed E-state index contributed by atoms with van der Waals surface area (Å²) in [5, 5.41) is 3.41. The first-order chi connectivity index (χ1) is 8.83. The van der Waals surface area contributed by atoms with Crippen LogP contribution in [0, 0.1) is 5.92 Å². The van der Waals surface area contributed by atoms with Crippen LogP contribution < -0.4 is 5.32 Å². The van der Waals surface area contributed by atoms with E-state index in [9.17, 15) is 4.79 Å². The third-order valence-electron chi connectivity index (χ3n) is 4.12. The number of hydrogen-bond acceptors (Lipinski definition) is 3. The average Bonchev–Trinajstić information content (AvgIpc) is 2.98. The molecule has 1 N–H and O–H groups in total. The van der Waals surface area contributed by atoms with E-state index >= 15 is 0 Å². The standard InChI is InChI=1S/C15H19NO2/c17-15(18-10-11-5-2-1-3-6-11)14-9-12-7-4-8-13(12)16-14/h1-3,5-6,12-14,16H,4,7-10H2/t12-,13-,14+/m1/s1. The van der Waals surface area contributed by atoms with Crippen molar-refractivity contribution in [3.63, 3.8) is 0 Å². The van der Waals surface area contributed by atoms with Crippen LogP contribution in [0.2, 0.25) is 0 Å². The lowest BCUT2D eigenvalue weighted by atomic mass is 10.0. The highest BCUT2D eigenvalue weighted by Gasteiger charge is 2.40. The van der Waals surface area contributed by atoms with E-state index in [1.165, 1.54) is 19.3 Å². The molecule has 18 heavy (non-hydrogen) atoms. The predicted octanol–water partition coefficient (Wildman–Crippen LogP) is 2.26. The van der Waals surface area contributed by atoms with Crippen molar-refractivity contribution in [1.29, 1.82) is 0 Å². The van der Waals surface area contributed by atoms with Gasteiger partial charge in [-0.2, -0.15) is 0 Å². The Morgan fingerprint density at radius 2 is 2.11 bits per heavy atom. The quantitative estimate of drug-likeness (QED) is 0.830. The van der Waals surface area contributed by atoms with E-state index in [0.717, 1.165) is 12.0 Å². The van der Waals surface area contributed by atoms with Crippen molar-refractivity contribution in [3.8, 4) is 0 Å². The molecule has 96 valence electrons. The van der Waals surface area contributed by atoms with Gasteiger partial charge in [0.15, 0.2) is 0 Å². The minimum Gasteiger partial charge on any atom is -0.460 e. The van der Waals surface area contributed by atoms with Gasteiger partial charge in [0.25, 0.3) is 0 Å². The van der Waals surface area contributed by atoms with Crippen LogP contribution in [-0.4, -0.2) is 18.1 Å². The molecule has 1 saturated heterocycles. The first-order valence-electron chi connectivity index (χ1n) is 6.79. The summed E-state index contributed by atoms with van der Waals surface area (Å²) in [6, 6.07) is 10.3. The second-order valence-electron chi connectivity index (χ2n) is 5.35. The van der Waals surface area contributed by atoms with Crippen molar-refractivity contribution in [2.45, 2.75) is 44.4 Å². The number of hydrogen-bond donors (Lipinski definition) is 1. The molecule has 0 aromatic heterocycles. The molecule has 1 aliphatic carbocycles. The summed E-state index contributed by atoms with van der Waals surface area (Å²) in [7, 11) is 0. The van der Waals surface area contributed by atoms with Gasteiger partial charge in [-0.3, -0.25) is 4.79 Å². The van der Waals surface area contributed by atoms with Crippen LogP contribution in [0.1, 0.15) is 31.2 Å². The molecule has 1 heterocycles. The number of ether oxygens (including phenoxy) is 1. The van der Waals surface area contributed by atoms with Gasteiger partial charge in [0.05, 0.1) is 0 Å². The highest BCUT2D eigenvalue weighted by atomic mass is 16.5. The third kappa shape index (κ3) is 2.41. The van der Waals surface area contributed by atoms with Gasteiger partial charge in [-0.05, 0) is 30.7 Å². The molecule has 0 bridgehead atoms. The lowest BCUT2D eigenvalue weighted by molar-refractivity contribution is -0.147. The smallest absolute Gasteiger partial charge is 0.323 e. The van der Waals surface area contributed by atoms with Gasteiger partial charge in [0.1, 0.15) is 12.6 Å². The first-order valence-corrected chi connectivity index (χ1v) is 6.79. The molecule has 3 atom stereocenters. The molecule has 2 aliphatic rings. The van der Waals surface area contributed by atoms with E-state index < -0.39 is 0 Å². The maximum atomic E-state index is 12.0. The molecule has 1 aliphatic heterocycles. The fourth-order valence-electron chi connectivity index (χ4n) is 3.16. The van der Waals surface area contributed by atoms with E-state index in [-0.39, 0.29) is 12.0 Å². The van der Waals surface area contributed by atoms with E-state index in [1.807, 2.05) is 30.3 Å². The van der Waals surface area contributed by atoms with Gasteiger partial charge in [0, 0.05) is 6.04 Å². The predicted molar refractivity (Wildman–Crippen MR) is 68.9 cm³/mol. The number of carbonyl (C=O) groups excluding carboxylic acids is 1. The minimum absolute atomic E-state index is 0.0796. The van der Waals surface area contributed by atoms with Crippen LogP contribution >= 0.6 is 0 Å². The Morgan fingerprint density at radius 1 is 1.28 bits per heavy atom. The van der Waals surface area contributed by atoms with E-state index in [0.29, 0.717) is 18.6 Å². The topological polar surface area (TPSA) is 38.3 Å². The Morgan fingerprint density at radius 3 is 2.89 bits per heavy atom. The lowest BCUT2D eigenvalue weighted by Crippen LogP contribution is -2.36. The molecule has 1 aromatic rings. The van der Waals surface area contributed by atoms with E-state index in [1.54, 1.807) is 0 Å². The molecule has 0 amide bonds. The third-order valence-corrected chi connectivity index (χ3v) is 4.12. The van der Waals surface area contributed by atoms with Crippen molar-refractivity contribution in [2.75, 3.05) is 0 Å². The van der Waals surface area contributed by atoms with Crippen molar-refractivity contribution >= 4 is 5.97 Å². The summed E-state index contributed by atoms with van der Waals surface area (Å²) in [6.45, 7) is 0.382. The molecule has 0 spiro atoms.